The highest BCUT2D eigenvalue weighted by molar-refractivity contribution is 5.89. The average molecular weight is 328 g/mol. The number of anilines is 3. The summed E-state index contributed by atoms with van der Waals surface area (Å²) >= 11 is 0. The predicted molar refractivity (Wildman–Crippen MR) is 96.4 cm³/mol. The predicted octanol–water partition coefficient (Wildman–Crippen LogP) is 2.91. The Hall–Kier alpha value is -2.60. The number of aromatic nitrogens is 1. The van der Waals surface area contributed by atoms with Gasteiger partial charge in [-0.1, -0.05) is 13.8 Å². The first kappa shape index (κ1) is 17.7. The Kier molecular flexibility index (Phi) is 6.57. The molecule has 2 aromatic rings. The van der Waals surface area contributed by atoms with Crippen LogP contribution in [0.4, 0.5) is 17.2 Å². The van der Waals surface area contributed by atoms with Crippen molar-refractivity contribution < 1.29 is 9.53 Å². The maximum atomic E-state index is 12.0. The first-order chi connectivity index (χ1) is 11.6. The van der Waals surface area contributed by atoms with E-state index in [4.69, 9.17) is 10.5 Å². The third-order valence-electron chi connectivity index (χ3n) is 3.71. The van der Waals surface area contributed by atoms with Crippen LogP contribution in [0.5, 0.6) is 0 Å². The normalized spacial score (nSPS) is 10.6. The molecule has 0 aliphatic heterocycles. The highest BCUT2D eigenvalue weighted by Crippen LogP contribution is 2.16. The van der Waals surface area contributed by atoms with E-state index in [1.165, 1.54) is 0 Å². The van der Waals surface area contributed by atoms with E-state index in [9.17, 15) is 4.79 Å². The number of pyridine rings is 1. The maximum absolute atomic E-state index is 12.0. The number of carbonyl (C=O) groups is 1. The Labute approximate surface area is 142 Å². The van der Waals surface area contributed by atoms with Gasteiger partial charge in [0.25, 0.3) is 0 Å². The van der Waals surface area contributed by atoms with Gasteiger partial charge in [0.2, 0.25) is 0 Å². The van der Waals surface area contributed by atoms with E-state index in [1.807, 2.05) is 12.1 Å². The van der Waals surface area contributed by atoms with Crippen LogP contribution in [-0.2, 0) is 4.74 Å². The second kappa shape index (κ2) is 8.88. The number of esters is 1. The van der Waals surface area contributed by atoms with Crippen LogP contribution in [0.3, 0.4) is 0 Å². The van der Waals surface area contributed by atoms with Crippen molar-refractivity contribution in [2.75, 3.05) is 37.3 Å². The molecule has 0 fully saturated rings. The molecule has 2 rings (SSSR count). The number of likely N-dealkylation sites (N-methyl/N-ethyl adjacent to an activating group) is 1. The molecule has 24 heavy (non-hydrogen) atoms. The summed E-state index contributed by atoms with van der Waals surface area (Å²) in [7, 11) is 0. The summed E-state index contributed by atoms with van der Waals surface area (Å²) in [5.41, 5.74) is 7.59. The molecule has 1 aromatic carbocycles. The Morgan fingerprint density at radius 1 is 1.17 bits per heavy atom. The lowest BCUT2D eigenvalue weighted by atomic mass is 10.2. The fourth-order valence-electron chi connectivity index (χ4n) is 2.21. The largest absolute Gasteiger partial charge is 0.461 e. The molecule has 0 radical (unpaired) electrons. The minimum Gasteiger partial charge on any atom is -0.461 e. The molecule has 128 valence electrons. The molecule has 0 aliphatic carbocycles. The Balaban J connectivity index is 1.86. The number of nitrogen functional groups attached to an aromatic ring is 1. The highest BCUT2D eigenvalue weighted by atomic mass is 16.5. The minimum atomic E-state index is -0.306. The van der Waals surface area contributed by atoms with Gasteiger partial charge >= 0.3 is 5.97 Å². The van der Waals surface area contributed by atoms with Gasteiger partial charge in [0.1, 0.15) is 12.4 Å². The third kappa shape index (κ3) is 5.24. The van der Waals surface area contributed by atoms with E-state index in [2.05, 4.69) is 29.0 Å². The van der Waals surface area contributed by atoms with E-state index in [0.717, 1.165) is 25.3 Å². The number of rotatable bonds is 8. The number of benzene rings is 1. The third-order valence-corrected chi connectivity index (χ3v) is 3.71. The number of hydrogen-bond acceptors (Lipinski definition) is 6. The molecule has 0 aliphatic rings. The number of nitrogens with zero attached hydrogens (tertiary/aromatic N) is 2. The zero-order valence-electron chi connectivity index (χ0n) is 14.2. The number of ether oxygens (including phenoxy) is 1. The monoisotopic (exact) mass is 328 g/mol. The molecule has 6 nitrogen and oxygen atoms in total. The first-order valence-electron chi connectivity index (χ1n) is 8.10. The van der Waals surface area contributed by atoms with Crippen molar-refractivity contribution in [2.45, 2.75) is 13.8 Å². The molecule has 0 amide bonds. The molecular formula is C18H24N4O2. The Morgan fingerprint density at radius 2 is 1.88 bits per heavy atom. The van der Waals surface area contributed by atoms with Gasteiger partial charge in [-0.25, -0.2) is 9.78 Å². The van der Waals surface area contributed by atoms with Crippen molar-refractivity contribution in [2.24, 2.45) is 0 Å². The van der Waals surface area contributed by atoms with Gasteiger partial charge in [-0.15, -0.1) is 0 Å². The van der Waals surface area contributed by atoms with Crippen LogP contribution in [0.25, 0.3) is 0 Å². The summed E-state index contributed by atoms with van der Waals surface area (Å²) in [6.45, 7) is 7.23. The lowest BCUT2D eigenvalue weighted by Gasteiger charge is -2.17. The van der Waals surface area contributed by atoms with E-state index < -0.39 is 0 Å². The summed E-state index contributed by atoms with van der Waals surface area (Å²) in [4.78, 5) is 18.4. The zero-order valence-corrected chi connectivity index (χ0v) is 14.2. The molecule has 0 unspecified atom stereocenters. The quantitative estimate of drug-likeness (QED) is 0.725. The number of carbonyl (C=O) groups excluding carboxylic acids is 1. The van der Waals surface area contributed by atoms with Crippen LogP contribution < -0.4 is 11.1 Å². The lowest BCUT2D eigenvalue weighted by molar-refractivity contribution is 0.0466. The molecule has 0 saturated carbocycles. The van der Waals surface area contributed by atoms with Crippen molar-refractivity contribution in [3.8, 4) is 0 Å². The zero-order chi connectivity index (χ0) is 17.4. The van der Waals surface area contributed by atoms with Gasteiger partial charge in [0, 0.05) is 12.2 Å². The van der Waals surface area contributed by atoms with Gasteiger partial charge in [0.05, 0.1) is 17.4 Å². The number of nitrogens with two attached hydrogens (primary N) is 1. The molecule has 0 bridgehead atoms. The Morgan fingerprint density at radius 3 is 2.46 bits per heavy atom. The second-order valence-electron chi connectivity index (χ2n) is 5.34. The minimum absolute atomic E-state index is 0.306. The van der Waals surface area contributed by atoms with Crippen LogP contribution >= 0.6 is 0 Å². The Bertz CT molecular complexity index is 637. The van der Waals surface area contributed by atoms with Crippen molar-refractivity contribution in [3.63, 3.8) is 0 Å². The average Bonchev–Trinajstić information content (AvgIpc) is 2.61. The van der Waals surface area contributed by atoms with Crippen LogP contribution in [0.2, 0.25) is 0 Å². The summed E-state index contributed by atoms with van der Waals surface area (Å²) in [5, 5.41) is 3.15. The molecular weight excluding hydrogens is 304 g/mol. The van der Waals surface area contributed by atoms with E-state index in [1.54, 1.807) is 30.5 Å². The van der Waals surface area contributed by atoms with Crippen LogP contribution in [0.1, 0.15) is 24.2 Å². The molecule has 0 spiro atoms. The van der Waals surface area contributed by atoms with Crippen LogP contribution in [-0.4, -0.2) is 42.1 Å². The molecule has 3 N–H and O–H groups in total. The summed E-state index contributed by atoms with van der Waals surface area (Å²) in [6, 6.07) is 10.7. The second-order valence-corrected chi connectivity index (χ2v) is 5.34. The number of nitrogens with one attached hydrogen (secondary N) is 1. The SMILES string of the molecule is CCN(CC)CCOC(=O)c1ccc(Nc2ccc(N)cn2)cc1. The fraction of sp³-hybridized carbons (Fsp3) is 0.333. The first-order valence-corrected chi connectivity index (χ1v) is 8.10. The van der Waals surface area contributed by atoms with Crippen LogP contribution in [0.15, 0.2) is 42.6 Å². The van der Waals surface area contributed by atoms with E-state index >= 15 is 0 Å². The van der Waals surface area contributed by atoms with Crippen molar-refractivity contribution in [3.05, 3.63) is 48.2 Å². The van der Waals surface area contributed by atoms with Crippen LogP contribution in [0, 0.1) is 0 Å². The van der Waals surface area contributed by atoms with Gasteiger partial charge in [-0.05, 0) is 49.5 Å². The summed E-state index contributed by atoms with van der Waals surface area (Å²) in [6.07, 6.45) is 1.59. The molecule has 0 atom stereocenters. The van der Waals surface area contributed by atoms with Gasteiger partial charge in [-0.3, -0.25) is 0 Å². The fourth-order valence-corrected chi connectivity index (χ4v) is 2.21. The molecule has 1 heterocycles. The molecule has 6 heteroatoms. The summed E-state index contributed by atoms with van der Waals surface area (Å²) in [5.74, 6) is 0.387. The standard InChI is InChI=1S/C18H24N4O2/c1-3-22(4-2)11-12-24-18(23)14-5-8-16(9-6-14)21-17-10-7-15(19)13-20-17/h5-10,13H,3-4,11-12,19H2,1-2H3,(H,20,21). The van der Waals surface area contributed by atoms with Crippen molar-refractivity contribution >= 4 is 23.2 Å². The van der Waals surface area contributed by atoms with Crippen molar-refractivity contribution in [1.29, 1.82) is 0 Å². The van der Waals surface area contributed by atoms with Gasteiger partial charge < -0.3 is 20.7 Å². The van der Waals surface area contributed by atoms with Gasteiger partial charge in [-0.2, -0.15) is 0 Å². The highest BCUT2D eigenvalue weighted by Gasteiger charge is 2.08. The maximum Gasteiger partial charge on any atom is 0.338 e. The number of hydrogen-bond donors (Lipinski definition) is 2. The lowest BCUT2D eigenvalue weighted by Crippen LogP contribution is -2.27. The summed E-state index contributed by atoms with van der Waals surface area (Å²) < 4.78 is 5.31. The van der Waals surface area contributed by atoms with E-state index in [-0.39, 0.29) is 5.97 Å². The van der Waals surface area contributed by atoms with E-state index in [0.29, 0.717) is 23.7 Å². The molecule has 1 aromatic heterocycles. The topological polar surface area (TPSA) is 80.5 Å². The van der Waals surface area contributed by atoms with Gasteiger partial charge in [0.15, 0.2) is 0 Å². The smallest absolute Gasteiger partial charge is 0.338 e. The molecule has 0 saturated heterocycles. The van der Waals surface area contributed by atoms with Crippen molar-refractivity contribution in [1.82, 2.24) is 9.88 Å².